The van der Waals surface area contributed by atoms with Crippen molar-refractivity contribution in [2.45, 2.75) is 6.04 Å². The molecule has 1 aromatic carbocycles. The number of fused-ring (bicyclic) bond motifs is 1. The van der Waals surface area contributed by atoms with Crippen LogP contribution in [0.4, 0.5) is 10.1 Å². The predicted octanol–water partition coefficient (Wildman–Crippen LogP) is 1.04. The Labute approximate surface area is 74.9 Å². The molecule has 0 radical (unpaired) electrons. The molecule has 1 heterocycles. The summed E-state index contributed by atoms with van der Waals surface area (Å²) < 4.78 is 12.8. The van der Waals surface area contributed by atoms with E-state index in [1.165, 1.54) is 12.1 Å². The molecule has 1 amide bonds. The second-order valence-electron chi connectivity index (χ2n) is 2.94. The van der Waals surface area contributed by atoms with E-state index in [1.807, 2.05) is 0 Å². The normalized spacial score (nSPS) is 19.8. The van der Waals surface area contributed by atoms with Crippen LogP contribution in [-0.4, -0.2) is 13.0 Å². The summed E-state index contributed by atoms with van der Waals surface area (Å²) >= 11 is 0. The van der Waals surface area contributed by atoms with E-state index < -0.39 is 6.04 Å². The number of likely N-dealkylation sites (N-methyl/N-ethyl adjacent to an activating group) is 1. The van der Waals surface area contributed by atoms with Gasteiger partial charge in [0, 0.05) is 11.3 Å². The zero-order valence-electron chi connectivity index (χ0n) is 7.10. The fourth-order valence-electron chi connectivity index (χ4n) is 1.52. The number of nitrogens with one attached hydrogen (secondary N) is 2. The smallest absolute Gasteiger partial charge is 0.246 e. The number of rotatable bonds is 1. The minimum absolute atomic E-state index is 0.136. The fourth-order valence-corrected chi connectivity index (χ4v) is 1.52. The Morgan fingerprint density at radius 2 is 2.31 bits per heavy atom. The number of carbonyl (C=O) groups excluding carboxylic acids is 1. The summed E-state index contributed by atoms with van der Waals surface area (Å²) in [5.74, 6) is -0.460. The molecule has 1 unspecified atom stereocenters. The van der Waals surface area contributed by atoms with Crippen molar-refractivity contribution in [3.05, 3.63) is 29.6 Å². The highest BCUT2D eigenvalue weighted by Crippen LogP contribution is 2.30. The minimum atomic E-state index is -0.425. The van der Waals surface area contributed by atoms with E-state index in [4.69, 9.17) is 0 Å². The quantitative estimate of drug-likeness (QED) is 0.678. The molecule has 0 bridgehead atoms. The summed E-state index contributed by atoms with van der Waals surface area (Å²) in [6.45, 7) is 0. The van der Waals surface area contributed by atoms with E-state index >= 15 is 0 Å². The molecule has 0 saturated carbocycles. The van der Waals surface area contributed by atoms with Gasteiger partial charge in [-0.15, -0.1) is 0 Å². The SMILES string of the molecule is CNC1C(=O)Nc2ccc(F)cc21. The highest BCUT2D eigenvalue weighted by molar-refractivity contribution is 6.02. The fraction of sp³-hybridized carbons (Fsp3) is 0.222. The van der Waals surface area contributed by atoms with E-state index in [2.05, 4.69) is 10.6 Å². The van der Waals surface area contributed by atoms with Crippen LogP contribution in [0.15, 0.2) is 18.2 Å². The standard InChI is InChI=1S/C9H9FN2O/c1-11-8-6-4-5(10)2-3-7(6)12-9(8)13/h2-4,8,11H,1H3,(H,12,13). The van der Waals surface area contributed by atoms with Gasteiger partial charge in [0.25, 0.3) is 0 Å². The first-order valence-corrected chi connectivity index (χ1v) is 4.00. The summed E-state index contributed by atoms with van der Waals surface area (Å²) in [6, 6.07) is 3.84. The lowest BCUT2D eigenvalue weighted by Gasteiger charge is -2.05. The molecular weight excluding hydrogens is 171 g/mol. The summed E-state index contributed by atoms with van der Waals surface area (Å²) in [4.78, 5) is 11.3. The maximum Gasteiger partial charge on any atom is 0.246 e. The van der Waals surface area contributed by atoms with Gasteiger partial charge < -0.3 is 10.6 Å². The third-order valence-corrected chi connectivity index (χ3v) is 2.13. The van der Waals surface area contributed by atoms with E-state index in [-0.39, 0.29) is 11.7 Å². The lowest BCUT2D eigenvalue weighted by molar-refractivity contribution is -0.117. The summed E-state index contributed by atoms with van der Waals surface area (Å²) in [5.41, 5.74) is 1.36. The zero-order valence-corrected chi connectivity index (χ0v) is 7.10. The molecule has 68 valence electrons. The van der Waals surface area contributed by atoms with Gasteiger partial charge in [0.05, 0.1) is 0 Å². The summed E-state index contributed by atoms with van der Waals surface area (Å²) in [7, 11) is 1.67. The summed E-state index contributed by atoms with van der Waals surface area (Å²) in [5, 5.41) is 5.48. The molecule has 3 nitrogen and oxygen atoms in total. The van der Waals surface area contributed by atoms with E-state index in [9.17, 15) is 9.18 Å². The number of benzene rings is 1. The third kappa shape index (κ3) is 1.19. The van der Waals surface area contributed by atoms with Gasteiger partial charge in [0.15, 0.2) is 0 Å². The molecule has 4 heteroatoms. The number of hydrogen-bond donors (Lipinski definition) is 2. The van der Waals surface area contributed by atoms with Crippen molar-refractivity contribution >= 4 is 11.6 Å². The molecule has 0 aromatic heterocycles. The van der Waals surface area contributed by atoms with Crippen LogP contribution in [0.25, 0.3) is 0 Å². The van der Waals surface area contributed by atoms with Crippen molar-refractivity contribution in [3.8, 4) is 0 Å². The monoisotopic (exact) mass is 180 g/mol. The van der Waals surface area contributed by atoms with Gasteiger partial charge in [-0.1, -0.05) is 0 Å². The molecule has 0 aliphatic carbocycles. The van der Waals surface area contributed by atoms with Gasteiger partial charge in [-0.3, -0.25) is 4.79 Å². The van der Waals surface area contributed by atoms with Crippen molar-refractivity contribution in [2.24, 2.45) is 0 Å². The third-order valence-electron chi connectivity index (χ3n) is 2.13. The van der Waals surface area contributed by atoms with Gasteiger partial charge in [0.2, 0.25) is 5.91 Å². The Hall–Kier alpha value is -1.42. The van der Waals surface area contributed by atoms with Gasteiger partial charge >= 0.3 is 0 Å². The Morgan fingerprint density at radius 3 is 3.00 bits per heavy atom. The first-order chi connectivity index (χ1) is 6.22. The van der Waals surface area contributed by atoms with Gasteiger partial charge in [-0.25, -0.2) is 4.39 Å². The molecule has 1 aliphatic heterocycles. The van der Waals surface area contributed by atoms with Crippen LogP contribution in [0.3, 0.4) is 0 Å². The van der Waals surface area contributed by atoms with Crippen molar-refractivity contribution in [1.29, 1.82) is 0 Å². The Bertz CT molecular complexity index is 365. The van der Waals surface area contributed by atoms with Crippen molar-refractivity contribution in [1.82, 2.24) is 5.32 Å². The molecule has 2 rings (SSSR count). The first-order valence-electron chi connectivity index (χ1n) is 4.00. The lowest BCUT2D eigenvalue weighted by atomic mass is 10.1. The second kappa shape index (κ2) is 2.81. The van der Waals surface area contributed by atoms with Crippen LogP contribution in [0, 0.1) is 5.82 Å². The average molecular weight is 180 g/mol. The van der Waals surface area contributed by atoms with E-state index in [1.54, 1.807) is 13.1 Å². The molecule has 2 N–H and O–H groups in total. The number of amides is 1. The predicted molar refractivity (Wildman–Crippen MR) is 46.8 cm³/mol. The maximum atomic E-state index is 12.8. The topological polar surface area (TPSA) is 41.1 Å². The first kappa shape index (κ1) is 8.19. The highest BCUT2D eigenvalue weighted by Gasteiger charge is 2.28. The molecule has 1 atom stereocenters. The van der Waals surface area contributed by atoms with Crippen LogP contribution in [-0.2, 0) is 4.79 Å². The molecule has 0 fully saturated rings. The highest BCUT2D eigenvalue weighted by atomic mass is 19.1. The lowest BCUT2D eigenvalue weighted by Crippen LogP contribution is -2.23. The Kier molecular flexibility index (Phi) is 1.77. The van der Waals surface area contributed by atoms with Crippen LogP contribution < -0.4 is 10.6 Å². The maximum absolute atomic E-state index is 12.8. The molecule has 0 spiro atoms. The van der Waals surface area contributed by atoms with Crippen molar-refractivity contribution in [3.63, 3.8) is 0 Å². The number of anilines is 1. The number of halogens is 1. The van der Waals surface area contributed by atoms with E-state index in [0.29, 0.717) is 11.3 Å². The van der Waals surface area contributed by atoms with Crippen LogP contribution >= 0.6 is 0 Å². The molecule has 0 saturated heterocycles. The van der Waals surface area contributed by atoms with Gasteiger partial charge in [-0.05, 0) is 25.2 Å². The minimum Gasteiger partial charge on any atom is -0.324 e. The van der Waals surface area contributed by atoms with Crippen LogP contribution in [0.5, 0.6) is 0 Å². The Morgan fingerprint density at radius 1 is 1.54 bits per heavy atom. The molecule has 1 aromatic rings. The molecule has 13 heavy (non-hydrogen) atoms. The van der Waals surface area contributed by atoms with E-state index in [0.717, 1.165) is 0 Å². The largest absolute Gasteiger partial charge is 0.324 e. The van der Waals surface area contributed by atoms with Crippen LogP contribution in [0.1, 0.15) is 11.6 Å². The zero-order chi connectivity index (χ0) is 9.42. The molecule has 1 aliphatic rings. The summed E-state index contributed by atoms with van der Waals surface area (Å²) in [6.07, 6.45) is 0. The second-order valence-corrected chi connectivity index (χ2v) is 2.94. The number of carbonyl (C=O) groups is 1. The van der Waals surface area contributed by atoms with Crippen molar-refractivity contribution in [2.75, 3.05) is 12.4 Å². The van der Waals surface area contributed by atoms with Gasteiger partial charge in [-0.2, -0.15) is 0 Å². The van der Waals surface area contributed by atoms with Crippen molar-refractivity contribution < 1.29 is 9.18 Å². The van der Waals surface area contributed by atoms with Crippen LogP contribution in [0.2, 0.25) is 0 Å². The van der Waals surface area contributed by atoms with Gasteiger partial charge in [0.1, 0.15) is 11.9 Å². The Balaban J connectivity index is 2.50. The number of hydrogen-bond acceptors (Lipinski definition) is 2. The molecular formula is C9H9FN2O. The average Bonchev–Trinajstić information content (AvgIpc) is 2.40.